The second-order valence-corrected chi connectivity index (χ2v) is 7.81. The summed E-state index contributed by atoms with van der Waals surface area (Å²) >= 11 is 0. The second kappa shape index (κ2) is 4.89. The maximum absolute atomic E-state index is 3.81. The summed E-state index contributed by atoms with van der Waals surface area (Å²) in [4.78, 5) is 0. The molecule has 1 unspecified atom stereocenters. The van der Waals surface area contributed by atoms with E-state index >= 15 is 0 Å². The molecular weight excluding hydrogens is 208 g/mol. The molecular formula is C15H30N2. The van der Waals surface area contributed by atoms with Crippen molar-refractivity contribution in [3.63, 3.8) is 0 Å². The lowest BCUT2D eigenvalue weighted by Crippen LogP contribution is -2.47. The molecule has 0 radical (unpaired) electrons. The molecule has 2 rings (SSSR count). The van der Waals surface area contributed by atoms with Gasteiger partial charge in [0.05, 0.1) is 0 Å². The van der Waals surface area contributed by atoms with Crippen LogP contribution in [0.25, 0.3) is 0 Å². The quantitative estimate of drug-likeness (QED) is 0.790. The van der Waals surface area contributed by atoms with Gasteiger partial charge in [-0.15, -0.1) is 0 Å². The van der Waals surface area contributed by atoms with Crippen LogP contribution in [0.1, 0.15) is 59.8 Å². The number of hydrogen-bond donors (Lipinski definition) is 2. The molecule has 100 valence electrons. The Kier molecular flexibility index (Phi) is 3.84. The van der Waals surface area contributed by atoms with Gasteiger partial charge in [-0.05, 0) is 49.5 Å². The van der Waals surface area contributed by atoms with Gasteiger partial charge < -0.3 is 10.6 Å². The van der Waals surface area contributed by atoms with Gasteiger partial charge >= 0.3 is 0 Å². The first-order valence-electron chi connectivity index (χ1n) is 7.33. The van der Waals surface area contributed by atoms with E-state index in [-0.39, 0.29) is 0 Å². The van der Waals surface area contributed by atoms with Crippen molar-refractivity contribution in [2.24, 2.45) is 10.8 Å². The largest absolute Gasteiger partial charge is 0.313 e. The highest BCUT2D eigenvalue weighted by atomic mass is 15.0. The first kappa shape index (κ1) is 13.4. The van der Waals surface area contributed by atoms with E-state index in [1.165, 1.54) is 38.6 Å². The van der Waals surface area contributed by atoms with Crippen molar-refractivity contribution in [3.8, 4) is 0 Å². The zero-order valence-corrected chi connectivity index (χ0v) is 12.1. The molecule has 1 saturated carbocycles. The molecule has 2 nitrogen and oxygen atoms in total. The molecule has 2 heteroatoms. The normalized spacial score (nSPS) is 32.8. The lowest BCUT2D eigenvalue weighted by atomic mass is 9.63. The molecule has 0 aromatic heterocycles. The van der Waals surface area contributed by atoms with Crippen LogP contribution in [0, 0.1) is 10.8 Å². The molecule has 0 amide bonds. The Morgan fingerprint density at radius 1 is 1.12 bits per heavy atom. The van der Waals surface area contributed by atoms with Crippen LogP contribution in [0.3, 0.4) is 0 Å². The minimum absolute atomic E-state index is 0.503. The third-order valence-corrected chi connectivity index (χ3v) is 4.37. The SMILES string of the molecule is CC1(C)CC(NCC2CCCN2)CC(C)(C)C1. The Hall–Kier alpha value is -0.0800. The maximum Gasteiger partial charge on any atom is 0.0193 e. The Morgan fingerprint density at radius 3 is 2.29 bits per heavy atom. The van der Waals surface area contributed by atoms with E-state index in [0.29, 0.717) is 10.8 Å². The summed E-state index contributed by atoms with van der Waals surface area (Å²) in [5, 5.41) is 7.39. The summed E-state index contributed by atoms with van der Waals surface area (Å²) in [6.45, 7) is 12.1. The van der Waals surface area contributed by atoms with Crippen LogP contribution in [-0.2, 0) is 0 Å². The Bertz CT molecular complexity index is 236. The predicted molar refractivity (Wildman–Crippen MR) is 74.2 cm³/mol. The number of nitrogens with one attached hydrogen (secondary N) is 2. The minimum atomic E-state index is 0.503. The van der Waals surface area contributed by atoms with E-state index in [0.717, 1.165) is 18.6 Å². The van der Waals surface area contributed by atoms with Gasteiger partial charge in [-0.25, -0.2) is 0 Å². The van der Waals surface area contributed by atoms with Crippen molar-refractivity contribution in [1.82, 2.24) is 10.6 Å². The third-order valence-electron chi connectivity index (χ3n) is 4.37. The molecule has 2 aliphatic rings. The smallest absolute Gasteiger partial charge is 0.0193 e. The van der Waals surface area contributed by atoms with E-state index in [1.807, 2.05) is 0 Å². The van der Waals surface area contributed by atoms with E-state index in [1.54, 1.807) is 0 Å². The van der Waals surface area contributed by atoms with E-state index < -0.39 is 0 Å². The zero-order valence-electron chi connectivity index (χ0n) is 12.1. The highest BCUT2D eigenvalue weighted by Crippen LogP contribution is 2.45. The Morgan fingerprint density at radius 2 is 1.76 bits per heavy atom. The third kappa shape index (κ3) is 3.96. The van der Waals surface area contributed by atoms with Gasteiger partial charge in [-0.3, -0.25) is 0 Å². The average molecular weight is 238 g/mol. The molecule has 1 saturated heterocycles. The van der Waals surface area contributed by atoms with E-state index in [2.05, 4.69) is 38.3 Å². The zero-order chi connectivity index (χ0) is 12.5. The van der Waals surface area contributed by atoms with Gasteiger partial charge in [-0.1, -0.05) is 27.7 Å². The van der Waals surface area contributed by atoms with Crippen molar-refractivity contribution >= 4 is 0 Å². The summed E-state index contributed by atoms with van der Waals surface area (Å²) < 4.78 is 0. The fourth-order valence-electron chi connectivity index (χ4n) is 4.23. The predicted octanol–water partition coefficient (Wildman–Crippen LogP) is 2.93. The standard InChI is InChI=1S/C15H30N2/c1-14(2)8-13(9-15(3,4)11-14)17-10-12-6-5-7-16-12/h12-13,16-17H,5-11H2,1-4H3. The molecule has 1 atom stereocenters. The van der Waals surface area contributed by atoms with Crippen LogP contribution >= 0.6 is 0 Å². The summed E-state index contributed by atoms with van der Waals surface area (Å²) in [5.74, 6) is 0. The fourth-order valence-corrected chi connectivity index (χ4v) is 4.23. The summed E-state index contributed by atoms with van der Waals surface area (Å²) in [6, 6.07) is 1.44. The van der Waals surface area contributed by atoms with Crippen LogP contribution in [0.4, 0.5) is 0 Å². The topological polar surface area (TPSA) is 24.1 Å². The van der Waals surface area contributed by atoms with Crippen LogP contribution < -0.4 is 10.6 Å². The Labute approximate surface area is 107 Å². The van der Waals surface area contributed by atoms with Crippen molar-refractivity contribution in [3.05, 3.63) is 0 Å². The first-order valence-corrected chi connectivity index (χ1v) is 7.33. The van der Waals surface area contributed by atoms with Crippen LogP contribution in [0.15, 0.2) is 0 Å². The average Bonchev–Trinajstić information content (AvgIpc) is 2.61. The van der Waals surface area contributed by atoms with Gasteiger partial charge in [0.1, 0.15) is 0 Å². The van der Waals surface area contributed by atoms with Crippen molar-refractivity contribution in [2.75, 3.05) is 13.1 Å². The van der Waals surface area contributed by atoms with Crippen LogP contribution in [0.5, 0.6) is 0 Å². The maximum atomic E-state index is 3.81. The lowest BCUT2D eigenvalue weighted by molar-refractivity contribution is 0.0843. The molecule has 1 aliphatic carbocycles. The highest BCUT2D eigenvalue weighted by molar-refractivity contribution is 4.93. The van der Waals surface area contributed by atoms with Crippen LogP contribution in [-0.4, -0.2) is 25.2 Å². The summed E-state index contributed by atoms with van der Waals surface area (Å²) in [6.07, 6.45) is 6.74. The van der Waals surface area contributed by atoms with Gasteiger partial charge in [0.15, 0.2) is 0 Å². The lowest BCUT2D eigenvalue weighted by Gasteiger charge is -2.45. The molecule has 0 aromatic rings. The van der Waals surface area contributed by atoms with E-state index in [4.69, 9.17) is 0 Å². The van der Waals surface area contributed by atoms with Gasteiger partial charge in [0.25, 0.3) is 0 Å². The monoisotopic (exact) mass is 238 g/mol. The van der Waals surface area contributed by atoms with Gasteiger partial charge in [-0.2, -0.15) is 0 Å². The van der Waals surface area contributed by atoms with Crippen molar-refractivity contribution in [1.29, 1.82) is 0 Å². The molecule has 17 heavy (non-hydrogen) atoms. The van der Waals surface area contributed by atoms with Crippen molar-refractivity contribution in [2.45, 2.75) is 71.9 Å². The van der Waals surface area contributed by atoms with Gasteiger partial charge in [0, 0.05) is 18.6 Å². The molecule has 1 aliphatic heterocycles. The molecule has 0 spiro atoms. The molecule has 2 fully saturated rings. The molecule has 1 heterocycles. The molecule has 0 bridgehead atoms. The Balaban J connectivity index is 1.83. The fraction of sp³-hybridized carbons (Fsp3) is 1.00. The number of rotatable bonds is 3. The first-order chi connectivity index (χ1) is 7.86. The van der Waals surface area contributed by atoms with Crippen LogP contribution in [0.2, 0.25) is 0 Å². The van der Waals surface area contributed by atoms with E-state index in [9.17, 15) is 0 Å². The minimum Gasteiger partial charge on any atom is -0.313 e. The van der Waals surface area contributed by atoms with Crippen molar-refractivity contribution < 1.29 is 0 Å². The molecule has 2 N–H and O–H groups in total. The highest BCUT2D eigenvalue weighted by Gasteiger charge is 2.38. The number of hydrogen-bond acceptors (Lipinski definition) is 2. The van der Waals surface area contributed by atoms with Gasteiger partial charge in [0.2, 0.25) is 0 Å². The second-order valence-electron chi connectivity index (χ2n) is 7.81. The summed E-state index contributed by atoms with van der Waals surface area (Å²) in [5.41, 5.74) is 1.01. The summed E-state index contributed by atoms with van der Waals surface area (Å²) in [7, 11) is 0. The molecule has 0 aromatic carbocycles.